The second-order valence-corrected chi connectivity index (χ2v) is 4.76. The van der Waals surface area contributed by atoms with Gasteiger partial charge in [-0.1, -0.05) is 6.92 Å². The maximum Gasteiger partial charge on any atom is 0.323 e. The van der Waals surface area contributed by atoms with Gasteiger partial charge in [0, 0.05) is 6.04 Å². The Morgan fingerprint density at radius 3 is 2.78 bits per heavy atom. The van der Waals surface area contributed by atoms with Crippen LogP contribution in [0, 0.1) is 0 Å². The summed E-state index contributed by atoms with van der Waals surface area (Å²) >= 11 is 0. The zero-order valence-corrected chi connectivity index (χ0v) is 11.6. The highest BCUT2D eigenvalue weighted by Crippen LogP contribution is 2.17. The molecule has 0 aliphatic carbocycles. The number of nitrogens with zero attached hydrogens (tertiary/aromatic N) is 1. The largest absolute Gasteiger partial charge is 0.465 e. The van der Waals surface area contributed by atoms with Crippen LogP contribution in [-0.4, -0.2) is 48.6 Å². The summed E-state index contributed by atoms with van der Waals surface area (Å²) in [6, 6.07) is -0.0613. The molecule has 1 amide bonds. The Hall–Kier alpha value is -1.10. The van der Waals surface area contributed by atoms with Crippen LogP contribution in [0.4, 0.5) is 0 Å². The molecule has 0 bridgehead atoms. The van der Waals surface area contributed by atoms with Crippen molar-refractivity contribution >= 4 is 11.9 Å². The summed E-state index contributed by atoms with van der Waals surface area (Å²) < 4.78 is 5.03. The number of esters is 1. The Morgan fingerprint density at radius 1 is 1.44 bits per heavy atom. The Bertz CT molecular complexity index is 294. The molecule has 1 aliphatic rings. The second kappa shape index (κ2) is 7.36. The van der Waals surface area contributed by atoms with Gasteiger partial charge in [-0.15, -0.1) is 0 Å². The predicted molar refractivity (Wildman–Crippen MR) is 69.1 cm³/mol. The van der Waals surface area contributed by atoms with Crippen LogP contribution in [0.1, 0.15) is 40.0 Å². The van der Waals surface area contributed by atoms with Crippen LogP contribution in [0.3, 0.4) is 0 Å². The van der Waals surface area contributed by atoms with E-state index in [1.165, 1.54) is 0 Å². The third-order valence-corrected chi connectivity index (χ3v) is 3.29. The number of carbonyl (C=O) groups is 2. The molecule has 1 N–H and O–H groups in total. The number of rotatable bonds is 6. The molecule has 1 heterocycles. The van der Waals surface area contributed by atoms with E-state index >= 15 is 0 Å². The molecule has 1 rings (SSSR count). The molecule has 2 atom stereocenters. The maximum atomic E-state index is 11.8. The number of nitrogens with one attached hydrogen (secondary N) is 1. The van der Waals surface area contributed by atoms with E-state index in [0.29, 0.717) is 6.61 Å². The van der Waals surface area contributed by atoms with Crippen molar-refractivity contribution in [2.24, 2.45) is 0 Å². The number of amides is 1. The SMILES string of the molecule is CCOC(=O)C1CCCN1CC(=O)NC(C)CC. The van der Waals surface area contributed by atoms with Gasteiger partial charge in [0.1, 0.15) is 6.04 Å². The van der Waals surface area contributed by atoms with E-state index in [9.17, 15) is 9.59 Å². The Balaban J connectivity index is 2.45. The molecule has 2 unspecified atom stereocenters. The standard InChI is InChI=1S/C13H24N2O3/c1-4-10(3)14-12(16)9-15-8-6-7-11(15)13(17)18-5-2/h10-11H,4-9H2,1-3H3,(H,14,16). The van der Waals surface area contributed by atoms with Crippen molar-refractivity contribution in [2.75, 3.05) is 19.7 Å². The zero-order chi connectivity index (χ0) is 13.5. The van der Waals surface area contributed by atoms with Crippen LogP contribution < -0.4 is 5.32 Å². The minimum absolute atomic E-state index is 0.0134. The normalized spacial score (nSPS) is 21.6. The summed E-state index contributed by atoms with van der Waals surface area (Å²) in [6.07, 6.45) is 2.64. The molecule has 0 aromatic heterocycles. The average molecular weight is 256 g/mol. The smallest absolute Gasteiger partial charge is 0.323 e. The van der Waals surface area contributed by atoms with Gasteiger partial charge >= 0.3 is 5.97 Å². The quantitative estimate of drug-likeness (QED) is 0.718. The monoisotopic (exact) mass is 256 g/mol. The second-order valence-electron chi connectivity index (χ2n) is 4.76. The predicted octanol–water partition coefficient (Wildman–Crippen LogP) is 0.929. The Labute approximate surface area is 109 Å². The number of hydrogen-bond acceptors (Lipinski definition) is 4. The zero-order valence-electron chi connectivity index (χ0n) is 11.6. The van der Waals surface area contributed by atoms with E-state index in [2.05, 4.69) is 5.32 Å². The van der Waals surface area contributed by atoms with Gasteiger partial charge in [0.2, 0.25) is 5.91 Å². The molecule has 104 valence electrons. The molecule has 0 saturated carbocycles. The van der Waals surface area contributed by atoms with E-state index in [-0.39, 0.29) is 30.5 Å². The molecule has 5 heteroatoms. The molecule has 1 fully saturated rings. The first-order valence-electron chi connectivity index (χ1n) is 6.78. The van der Waals surface area contributed by atoms with Crippen LogP contribution in [0.5, 0.6) is 0 Å². The summed E-state index contributed by atoms with van der Waals surface area (Å²) in [6.45, 7) is 7.27. The highest BCUT2D eigenvalue weighted by molar-refractivity contribution is 5.81. The maximum absolute atomic E-state index is 11.8. The number of likely N-dealkylation sites (tertiary alicyclic amines) is 1. The van der Waals surface area contributed by atoms with Crippen molar-refractivity contribution in [3.63, 3.8) is 0 Å². The highest BCUT2D eigenvalue weighted by Gasteiger charge is 2.32. The van der Waals surface area contributed by atoms with E-state index in [1.807, 2.05) is 18.7 Å². The lowest BCUT2D eigenvalue weighted by atomic mass is 10.2. The molecule has 0 radical (unpaired) electrons. The molecule has 0 aromatic carbocycles. The van der Waals surface area contributed by atoms with E-state index < -0.39 is 0 Å². The van der Waals surface area contributed by atoms with Gasteiger partial charge in [0.25, 0.3) is 0 Å². The first-order chi connectivity index (χ1) is 8.58. The van der Waals surface area contributed by atoms with Crippen LogP contribution in [0.15, 0.2) is 0 Å². The topological polar surface area (TPSA) is 58.6 Å². The first-order valence-corrected chi connectivity index (χ1v) is 6.78. The van der Waals surface area contributed by atoms with Gasteiger partial charge in [-0.2, -0.15) is 0 Å². The summed E-state index contributed by atoms with van der Waals surface area (Å²) in [7, 11) is 0. The third-order valence-electron chi connectivity index (χ3n) is 3.29. The lowest BCUT2D eigenvalue weighted by molar-refractivity contribution is -0.148. The van der Waals surface area contributed by atoms with Crippen molar-refractivity contribution in [1.82, 2.24) is 10.2 Å². The molecule has 5 nitrogen and oxygen atoms in total. The molecular formula is C13H24N2O3. The van der Waals surface area contributed by atoms with Crippen molar-refractivity contribution in [3.8, 4) is 0 Å². The first kappa shape index (κ1) is 15.0. The van der Waals surface area contributed by atoms with Gasteiger partial charge in [0.05, 0.1) is 13.2 Å². The summed E-state index contributed by atoms with van der Waals surface area (Å²) in [5.74, 6) is -0.216. The minimum Gasteiger partial charge on any atom is -0.465 e. The summed E-state index contributed by atoms with van der Waals surface area (Å²) in [5.41, 5.74) is 0. The number of ether oxygens (including phenoxy) is 1. The van der Waals surface area contributed by atoms with Crippen molar-refractivity contribution in [3.05, 3.63) is 0 Å². The minimum atomic E-state index is -0.243. The van der Waals surface area contributed by atoms with E-state index in [0.717, 1.165) is 25.8 Å². The number of carbonyl (C=O) groups excluding carboxylic acids is 2. The van der Waals surface area contributed by atoms with Crippen LogP contribution >= 0.6 is 0 Å². The van der Waals surface area contributed by atoms with Gasteiger partial charge < -0.3 is 10.1 Å². The van der Waals surface area contributed by atoms with E-state index in [4.69, 9.17) is 4.74 Å². The molecule has 0 spiro atoms. The lowest BCUT2D eigenvalue weighted by Gasteiger charge is -2.23. The molecule has 1 aliphatic heterocycles. The average Bonchev–Trinajstić information content (AvgIpc) is 2.77. The molecule has 0 aromatic rings. The van der Waals surface area contributed by atoms with Crippen LogP contribution in [-0.2, 0) is 14.3 Å². The summed E-state index contributed by atoms with van der Waals surface area (Å²) in [4.78, 5) is 25.4. The van der Waals surface area contributed by atoms with Crippen molar-refractivity contribution < 1.29 is 14.3 Å². The highest BCUT2D eigenvalue weighted by atomic mass is 16.5. The lowest BCUT2D eigenvalue weighted by Crippen LogP contribution is -2.45. The van der Waals surface area contributed by atoms with Crippen LogP contribution in [0.25, 0.3) is 0 Å². The Morgan fingerprint density at radius 2 is 2.17 bits per heavy atom. The van der Waals surface area contributed by atoms with Gasteiger partial charge in [0.15, 0.2) is 0 Å². The molecule has 1 saturated heterocycles. The number of hydrogen-bond donors (Lipinski definition) is 1. The van der Waals surface area contributed by atoms with Crippen molar-refractivity contribution in [2.45, 2.75) is 52.1 Å². The fraction of sp³-hybridized carbons (Fsp3) is 0.846. The Kier molecular flexibility index (Phi) is 6.12. The molecular weight excluding hydrogens is 232 g/mol. The summed E-state index contributed by atoms with van der Waals surface area (Å²) in [5, 5.41) is 2.92. The van der Waals surface area contributed by atoms with Crippen LogP contribution in [0.2, 0.25) is 0 Å². The van der Waals surface area contributed by atoms with E-state index in [1.54, 1.807) is 6.92 Å². The third kappa shape index (κ3) is 4.29. The fourth-order valence-electron chi connectivity index (χ4n) is 2.13. The van der Waals surface area contributed by atoms with Crippen molar-refractivity contribution in [1.29, 1.82) is 0 Å². The van der Waals surface area contributed by atoms with Gasteiger partial charge in [-0.3, -0.25) is 14.5 Å². The molecule has 18 heavy (non-hydrogen) atoms. The van der Waals surface area contributed by atoms with Gasteiger partial charge in [-0.05, 0) is 39.7 Å². The van der Waals surface area contributed by atoms with Gasteiger partial charge in [-0.25, -0.2) is 0 Å². The fourth-order valence-corrected chi connectivity index (χ4v) is 2.13.